The van der Waals surface area contributed by atoms with E-state index in [4.69, 9.17) is 0 Å². The Hall–Kier alpha value is -2.23. The summed E-state index contributed by atoms with van der Waals surface area (Å²) in [5.74, 6) is -0.375. The van der Waals surface area contributed by atoms with Gasteiger partial charge in [-0.1, -0.05) is 12.1 Å². The Labute approximate surface area is 116 Å². The van der Waals surface area contributed by atoms with E-state index in [1.807, 2.05) is 0 Å². The average Bonchev–Trinajstić information content (AvgIpc) is 2.45. The molecule has 1 aromatic heterocycles. The molecule has 102 valence electrons. The molecule has 0 atom stereocenters. The lowest BCUT2D eigenvalue weighted by Gasteiger charge is -2.43. The van der Waals surface area contributed by atoms with Gasteiger partial charge in [0.25, 0.3) is 5.91 Å². The van der Waals surface area contributed by atoms with Gasteiger partial charge in [-0.25, -0.2) is 4.39 Å². The molecular weight excluding hydrogens is 255 g/mol. The van der Waals surface area contributed by atoms with Gasteiger partial charge in [-0.05, 0) is 49.1 Å². The van der Waals surface area contributed by atoms with Gasteiger partial charge >= 0.3 is 0 Å². The Balaban J connectivity index is 1.83. The van der Waals surface area contributed by atoms with Crippen molar-refractivity contribution in [3.05, 3.63) is 65.7 Å². The molecule has 0 spiro atoms. The van der Waals surface area contributed by atoms with E-state index in [-0.39, 0.29) is 17.3 Å². The number of hydrogen-bond donors (Lipinski definition) is 1. The van der Waals surface area contributed by atoms with Crippen LogP contribution in [0.1, 0.15) is 35.2 Å². The highest BCUT2D eigenvalue weighted by Crippen LogP contribution is 2.41. The van der Waals surface area contributed by atoms with Gasteiger partial charge in [0.05, 0.1) is 5.54 Å². The number of aromatic nitrogens is 1. The zero-order valence-corrected chi connectivity index (χ0v) is 11.0. The molecule has 2 aromatic rings. The molecule has 1 N–H and O–H groups in total. The molecular formula is C16H15FN2O. The van der Waals surface area contributed by atoms with E-state index < -0.39 is 0 Å². The Kier molecular flexibility index (Phi) is 3.22. The fourth-order valence-electron chi connectivity index (χ4n) is 2.58. The van der Waals surface area contributed by atoms with Crippen molar-refractivity contribution in [2.24, 2.45) is 0 Å². The van der Waals surface area contributed by atoms with Gasteiger partial charge in [-0.3, -0.25) is 9.78 Å². The van der Waals surface area contributed by atoms with Gasteiger partial charge in [-0.2, -0.15) is 0 Å². The van der Waals surface area contributed by atoms with Crippen LogP contribution in [0.25, 0.3) is 0 Å². The van der Waals surface area contributed by atoms with E-state index in [0.717, 1.165) is 24.8 Å². The van der Waals surface area contributed by atoms with Crippen LogP contribution in [0.5, 0.6) is 0 Å². The highest BCUT2D eigenvalue weighted by atomic mass is 19.1. The molecule has 0 radical (unpaired) electrons. The number of pyridine rings is 1. The van der Waals surface area contributed by atoms with E-state index in [1.165, 1.54) is 12.1 Å². The van der Waals surface area contributed by atoms with Crippen molar-refractivity contribution in [1.29, 1.82) is 0 Å². The second-order valence-electron chi connectivity index (χ2n) is 5.13. The van der Waals surface area contributed by atoms with Crippen molar-refractivity contribution in [3.8, 4) is 0 Å². The molecule has 1 aromatic carbocycles. The van der Waals surface area contributed by atoms with Crippen LogP contribution in [-0.2, 0) is 5.54 Å². The molecule has 1 aliphatic carbocycles. The molecule has 0 bridgehead atoms. The minimum atomic E-state index is -0.353. The molecule has 1 amide bonds. The topological polar surface area (TPSA) is 42.0 Å². The first kappa shape index (κ1) is 12.8. The predicted molar refractivity (Wildman–Crippen MR) is 73.6 cm³/mol. The molecule has 0 saturated heterocycles. The fraction of sp³-hybridized carbons (Fsp3) is 0.250. The van der Waals surface area contributed by atoms with Crippen LogP contribution in [-0.4, -0.2) is 10.9 Å². The number of carbonyl (C=O) groups excluding carboxylic acids is 1. The maximum Gasteiger partial charge on any atom is 0.252 e. The van der Waals surface area contributed by atoms with Crippen LogP contribution in [0.4, 0.5) is 4.39 Å². The minimum absolute atomic E-state index is 0.114. The lowest BCUT2D eigenvalue weighted by molar-refractivity contribution is 0.0823. The van der Waals surface area contributed by atoms with E-state index >= 15 is 0 Å². The highest BCUT2D eigenvalue weighted by Gasteiger charge is 2.40. The van der Waals surface area contributed by atoms with E-state index in [2.05, 4.69) is 10.3 Å². The van der Waals surface area contributed by atoms with Gasteiger partial charge in [-0.15, -0.1) is 0 Å². The molecule has 3 nitrogen and oxygen atoms in total. The van der Waals surface area contributed by atoms with Crippen LogP contribution < -0.4 is 5.32 Å². The summed E-state index contributed by atoms with van der Waals surface area (Å²) in [5, 5.41) is 3.09. The largest absolute Gasteiger partial charge is 0.343 e. The number of nitrogens with one attached hydrogen (secondary N) is 1. The maximum absolute atomic E-state index is 13.0. The van der Waals surface area contributed by atoms with Gasteiger partial charge in [0.1, 0.15) is 5.82 Å². The summed E-state index contributed by atoms with van der Waals surface area (Å²) in [6.07, 6.45) is 6.03. The number of nitrogens with zero attached hydrogens (tertiary/aromatic N) is 1. The second kappa shape index (κ2) is 5.04. The summed E-state index contributed by atoms with van der Waals surface area (Å²) in [6, 6.07) is 9.75. The van der Waals surface area contributed by atoms with Crippen LogP contribution in [0.15, 0.2) is 48.8 Å². The zero-order chi connectivity index (χ0) is 14.0. The summed E-state index contributed by atoms with van der Waals surface area (Å²) in [6.45, 7) is 0. The first-order valence-corrected chi connectivity index (χ1v) is 6.68. The van der Waals surface area contributed by atoms with Gasteiger partial charge in [0.15, 0.2) is 0 Å². The van der Waals surface area contributed by atoms with Crippen molar-refractivity contribution in [1.82, 2.24) is 10.3 Å². The number of halogens is 1. The number of rotatable bonds is 3. The third kappa shape index (κ3) is 2.29. The normalized spacial score (nSPS) is 16.2. The Morgan fingerprint density at radius 2 is 1.75 bits per heavy atom. The standard InChI is InChI=1S/C16H15FN2O/c17-14-4-2-13(3-5-14)16(8-1-9-16)19-15(20)12-6-10-18-11-7-12/h2-7,10-11H,1,8-9H2,(H,19,20). The highest BCUT2D eigenvalue weighted by molar-refractivity contribution is 5.94. The third-order valence-electron chi connectivity index (χ3n) is 3.90. The molecule has 3 rings (SSSR count). The van der Waals surface area contributed by atoms with E-state index in [9.17, 15) is 9.18 Å². The van der Waals surface area contributed by atoms with Crippen molar-refractivity contribution in [2.45, 2.75) is 24.8 Å². The summed E-state index contributed by atoms with van der Waals surface area (Å²) < 4.78 is 13.0. The number of hydrogen-bond acceptors (Lipinski definition) is 2. The van der Waals surface area contributed by atoms with Crippen molar-refractivity contribution in [3.63, 3.8) is 0 Å². The van der Waals surface area contributed by atoms with Crippen LogP contribution in [0, 0.1) is 5.82 Å². The lowest BCUT2D eigenvalue weighted by Crippen LogP contribution is -2.50. The van der Waals surface area contributed by atoms with Gasteiger partial charge in [0, 0.05) is 18.0 Å². The Morgan fingerprint density at radius 1 is 1.10 bits per heavy atom. The summed E-state index contributed by atoms with van der Waals surface area (Å²) in [7, 11) is 0. The molecule has 20 heavy (non-hydrogen) atoms. The third-order valence-corrected chi connectivity index (χ3v) is 3.90. The molecule has 1 fully saturated rings. The fourth-order valence-corrected chi connectivity index (χ4v) is 2.58. The smallest absolute Gasteiger partial charge is 0.252 e. The predicted octanol–water partition coefficient (Wildman–Crippen LogP) is 3.03. The summed E-state index contributed by atoms with van der Waals surface area (Å²) in [5.41, 5.74) is 1.20. The van der Waals surface area contributed by atoms with E-state index in [0.29, 0.717) is 5.56 Å². The first-order valence-electron chi connectivity index (χ1n) is 6.68. The molecule has 1 saturated carbocycles. The van der Waals surface area contributed by atoms with Gasteiger partial charge < -0.3 is 5.32 Å². The number of carbonyl (C=O) groups is 1. The molecule has 1 heterocycles. The SMILES string of the molecule is O=C(NC1(c2ccc(F)cc2)CCC1)c1ccncc1. The van der Waals surface area contributed by atoms with Crippen LogP contribution >= 0.6 is 0 Å². The first-order chi connectivity index (χ1) is 9.70. The second-order valence-corrected chi connectivity index (χ2v) is 5.13. The number of benzene rings is 1. The monoisotopic (exact) mass is 270 g/mol. The lowest BCUT2D eigenvalue weighted by atomic mass is 9.71. The Morgan fingerprint density at radius 3 is 2.30 bits per heavy atom. The van der Waals surface area contributed by atoms with E-state index in [1.54, 1.807) is 36.7 Å². The maximum atomic E-state index is 13.0. The van der Waals surface area contributed by atoms with Crippen molar-refractivity contribution >= 4 is 5.91 Å². The molecule has 1 aliphatic rings. The van der Waals surface area contributed by atoms with Crippen molar-refractivity contribution in [2.75, 3.05) is 0 Å². The van der Waals surface area contributed by atoms with Crippen molar-refractivity contribution < 1.29 is 9.18 Å². The summed E-state index contributed by atoms with van der Waals surface area (Å²) in [4.78, 5) is 16.2. The molecule has 4 heteroatoms. The minimum Gasteiger partial charge on any atom is -0.343 e. The van der Waals surface area contributed by atoms with Crippen LogP contribution in [0.3, 0.4) is 0 Å². The van der Waals surface area contributed by atoms with Crippen LogP contribution in [0.2, 0.25) is 0 Å². The summed E-state index contributed by atoms with van der Waals surface area (Å²) >= 11 is 0. The molecule has 0 aliphatic heterocycles. The Bertz CT molecular complexity index is 606. The molecule has 0 unspecified atom stereocenters. The quantitative estimate of drug-likeness (QED) is 0.931. The number of amides is 1. The van der Waals surface area contributed by atoms with Gasteiger partial charge in [0.2, 0.25) is 0 Å². The zero-order valence-electron chi connectivity index (χ0n) is 11.0. The average molecular weight is 270 g/mol.